The highest BCUT2D eigenvalue weighted by Gasteiger charge is 2.05. The monoisotopic (exact) mass is 345 g/mol. The molecule has 140 valence electrons. The summed E-state index contributed by atoms with van der Waals surface area (Å²) in [7, 11) is 3.78. The van der Waals surface area contributed by atoms with Crippen molar-refractivity contribution >= 4 is 17.1 Å². The maximum atomic E-state index is 5.18. The second kappa shape index (κ2) is 14.4. The van der Waals surface area contributed by atoms with E-state index in [9.17, 15) is 0 Å². The SMILES string of the molecule is C/C=C/c1nc2ccccc2nc1OC.CC.CC.CN1CCCC1. The molecule has 0 spiro atoms. The first-order valence-corrected chi connectivity index (χ1v) is 9.36. The first-order chi connectivity index (χ1) is 12.2. The van der Waals surface area contributed by atoms with Crippen LogP contribution in [0.2, 0.25) is 0 Å². The van der Waals surface area contributed by atoms with Crippen molar-refractivity contribution in [1.82, 2.24) is 14.9 Å². The van der Waals surface area contributed by atoms with Crippen LogP contribution in [0.3, 0.4) is 0 Å². The molecule has 1 saturated heterocycles. The highest BCUT2D eigenvalue weighted by Crippen LogP contribution is 2.19. The molecule has 4 nitrogen and oxygen atoms in total. The molecule has 0 N–H and O–H groups in total. The van der Waals surface area contributed by atoms with Crippen molar-refractivity contribution in [2.75, 3.05) is 27.2 Å². The highest BCUT2D eigenvalue weighted by atomic mass is 16.5. The van der Waals surface area contributed by atoms with Gasteiger partial charge in [0.25, 0.3) is 0 Å². The van der Waals surface area contributed by atoms with Crippen LogP contribution in [0.5, 0.6) is 5.88 Å². The Morgan fingerprint density at radius 2 is 1.48 bits per heavy atom. The third kappa shape index (κ3) is 8.12. The smallest absolute Gasteiger partial charge is 0.240 e. The molecule has 0 radical (unpaired) electrons. The Bertz CT molecular complexity index is 605. The number of aromatic nitrogens is 2. The van der Waals surface area contributed by atoms with Gasteiger partial charge in [0, 0.05) is 0 Å². The second-order valence-electron chi connectivity index (χ2n) is 5.12. The van der Waals surface area contributed by atoms with Gasteiger partial charge in [-0.25, -0.2) is 9.97 Å². The zero-order valence-corrected chi connectivity index (χ0v) is 17.0. The largest absolute Gasteiger partial charge is 0.479 e. The average Bonchev–Trinajstić information content (AvgIpc) is 3.16. The molecular formula is C21H35N3O. The third-order valence-corrected chi connectivity index (χ3v) is 3.41. The number of hydrogen-bond donors (Lipinski definition) is 0. The van der Waals surface area contributed by atoms with Crippen LogP contribution >= 0.6 is 0 Å². The van der Waals surface area contributed by atoms with Gasteiger partial charge in [-0.1, -0.05) is 45.9 Å². The van der Waals surface area contributed by atoms with E-state index in [-0.39, 0.29) is 0 Å². The van der Waals surface area contributed by atoms with Crippen molar-refractivity contribution in [2.24, 2.45) is 0 Å². The summed E-state index contributed by atoms with van der Waals surface area (Å²) in [6.45, 7) is 12.6. The number of fused-ring (bicyclic) bond motifs is 1. The Morgan fingerprint density at radius 3 is 1.88 bits per heavy atom. The first-order valence-electron chi connectivity index (χ1n) is 9.36. The Morgan fingerprint density at radius 1 is 0.960 bits per heavy atom. The molecule has 0 amide bonds. The molecule has 0 bridgehead atoms. The minimum atomic E-state index is 0.562. The van der Waals surface area contributed by atoms with Gasteiger partial charge in [0.15, 0.2) is 0 Å². The molecule has 0 saturated carbocycles. The second-order valence-corrected chi connectivity index (χ2v) is 5.12. The summed E-state index contributed by atoms with van der Waals surface area (Å²) in [6, 6.07) is 7.74. The van der Waals surface area contributed by atoms with Gasteiger partial charge in [-0.3, -0.25) is 0 Å². The number of rotatable bonds is 2. The van der Waals surface area contributed by atoms with Crippen LogP contribution in [-0.2, 0) is 0 Å². The van der Waals surface area contributed by atoms with E-state index >= 15 is 0 Å². The quantitative estimate of drug-likeness (QED) is 0.727. The van der Waals surface area contributed by atoms with E-state index in [1.165, 1.54) is 25.9 Å². The van der Waals surface area contributed by atoms with Gasteiger partial charge in [0.05, 0.1) is 18.1 Å². The molecule has 1 fully saturated rings. The molecule has 25 heavy (non-hydrogen) atoms. The van der Waals surface area contributed by atoms with Crippen LogP contribution in [0, 0.1) is 0 Å². The maximum absolute atomic E-state index is 5.18. The zero-order valence-electron chi connectivity index (χ0n) is 17.0. The number of nitrogens with zero attached hydrogens (tertiary/aromatic N) is 3. The molecule has 0 unspecified atom stereocenters. The zero-order chi connectivity index (χ0) is 19.1. The Hall–Kier alpha value is -1.94. The minimum absolute atomic E-state index is 0.562. The van der Waals surface area contributed by atoms with Gasteiger partial charge in [-0.15, -0.1) is 0 Å². The summed E-state index contributed by atoms with van der Waals surface area (Å²) < 4.78 is 5.18. The Labute approximate surface area is 153 Å². The number of allylic oxidation sites excluding steroid dienone is 1. The lowest BCUT2D eigenvalue weighted by Crippen LogP contribution is -2.10. The molecule has 1 aliphatic rings. The minimum Gasteiger partial charge on any atom is -0.479 e. The van der Waals surface area contributed by atoms with Crippen molar-refractivity contribution in [3.05, 3.63) is 36.0 Å². The summed E-state index contributed by atoms with van der Waals surface area (Å²) in [5.41, 5.74) is 2.49. The van der Waals surface area contributed by atoms with Crippen molar-refractivity contribution < 1.29 is 4.74 Å². The van der Waals surface area contributed by atoms with Crippen molar-refractivity contribution in [3.63, 3.8) is 0 Å². The van der Waals surface area contributed by atoms with Crippen molar-refractivity contribution in [2.45, 2.75) is 47.5 Å². The molecule has 1 aliphatic heterocycles. The summed E-state index contributed by atoms with van der Waals surface area (Å²) >= 11 is 0. The lowest BCUT2D eigenvalue weighted by Gasteiger charge is -2.04. The van der Waals surface area contributed by atoms with Crippen LogP contribution in [0.4, 0.5) is 0 Å². The molecule has 1 aromatic heterocycles. The van der Waals surface area contributed by atoms with Gasteiger partial charge in [-0.05, 0) is 58.1 Å². The predicted octanol–water partition coefficient (Wildman–Crippen LogP) is 5.44. The molecule has 3 rings (SSSR count). The third-order valence-electron chi connectivity index (χ3n) is 3.41. The van der Waals surface area contributed by atoms with E-state index in [0.29, 0.717) is 5.88 Å². The van der Waals surface area contributed by atoms with Crippen molar-refractivity contribution in [1.29, 1.82) is 0 Å². The average molecular weight is 346 g/mol. The van der Waals surface area contributed by atoms with Crippen LogP contribution in [0.1, 0.15) is 53.2 Å². The van der Waals surface area contributed by atoms with E-state index in [1.54, 1.807) is 7.11 Å². The number of likely N-dealkylation sites (tertiary alicyclic amines) is 1. The molecule has 2 aromatic rings. The van der Waals surface area contributed by atoms with E-state index in [1.807, 2.05) is 71.0 Å². The number of methoxy groups -OCH3 is 1. The highest BCUT2D eigenvalue weighted by molar-refractivity contribution is 5.76. The van der Waals surface area contributed by atoms with Gasteiger partial charge < -0.3 is 9.64 Å². The lowest BCUT2D eigenvalue weighted by atomic mass is 10.3. The lowest BCUT2D eigenvalue weighted by molar-refractivity contribution is 0.396. The van der Waals surface area contributed by atoms with Crippen LogP contribution in [-0.4, -0.2) is 42.1 Å². The van der Waals surface area contributed by atoms with E-state index in [0.717, 1.165) is 16.7 Å². The summed E-state index contributed by atoms with van der Waals surface area (Å²) in [6.07, 6.45) is 6.63. The standard InChI is InChI=1S/C12H12N2O.C5H11N.2C2H6/c1-3-6-11-12(15-2)14-10-8-5-4-7-9(10)13-11;1-6-4-2-3-5-6;2*1-2/h3-8H,1-2H3;2-5H2,1H3;2*1-2H3/b6-3+;;;. The molecule has 2 heterocycles. The summed E-state index contributed by atoms with van der Waals surface area (Å²) in [4.78, 5) is 11.2. The molecule has 0 atom stereocenters. The number of hydrogen-bond acceptors (Lipinski definition) is 4. The fourth-order valence-electron chi connectivity index (χ4n) is 2.29. The molecule has 4 heteroatoms. The predicted molar refractivity (Wildman–Crippen MR) is 110 cm³/mol. The van der Waals surface area contributed by atoms with Gasteiger partial charge in [-0.2, -0.15) is 0 Å². The molecule has 0 aliphatic carbocycles. The fraction of sp³-hybridized carbons (Fsp3) is 0.524. The van der Waals surface area contributed by atoms with E-state index in [2.05, 4.69) is 21.9 Å². The van der Waals surface area contributed by atoms with Crippen LogP contribution in [0.15, 0.2) is 30.3 Å². The van der Waals surface area contributed by atoms with Crippen molar-refractivity contribution in [3.8, 4) is 5.88 Å². The van der Waals surface area contributed by atoms with Crippen LogP contribution in [0.25, 0.3) is 17.1 Å². The molecular weight excluding hydrogens is 310 g/mol. The number of benzene rings is 1. The van der Waals surface area contributed by atoms with Crippen LogP contribution < -0.4 is 4.74 Å². The first kappa shape index (κ1) is 23.1. The van der Waals surface area contributed by atoms with E-state index < -0.39 is 0 Å². The normalized spacial score (nSPS) is 13.2. The van der Waals surface area contributed by atoms with Gasteiger partial charge in [0.2, 0.25) is 5.88 Å². The van der Waals surface area contributed by atoms with E-state index in [4.69, 9.17) is 4.74 Å². The maximum Gasteiger partial charge on any atom is 0.240 e. The number of para-hydroxylation sites is 2. The van der Waals surface area contributed by atoms with Gasteiger partial charge in [0.1, 0.15) is 5.69 Å². The Kier molecular flexibility index (Phi) is 13.3. The Balaban J connectivity index is 0.000000481. The summed E-state index contributed by atoms with van der Waals surface area (Å²) in [5.74, 6) is 0.562. The fourth-order valence-corrected chi connectivity index (χ4v) is 2.29. The summed E-state index contributed by atoms with van der Waals surface area (Å²) in [5, 5.41) is 0. The van der Waals surface area contributed by atoms with Gasteiger partial charge >= 0.3 is 0 Å². The molecule has 1 aromatic carbocycles. The topological polar surface area (TPSA) is 38.3 Å². The number of ether oxygens (including phenoxy) is 1.